The number of carbonyl (C=O) groups excluding carboxylic acids is 1. The lowest BCUT2D eigenvalue weighted by atomic mass is 9.97. The van der Waals surface area contributed by atoms with Crippen LogP contribution >= 0.6 is 0 Å². The van der Waals surface area contributed by atoms with Crippen LogP contribution in [0, 0.1) is 0 Å². The number of nitrogens with one attached hydrogen (secondary N) is 1. The Bertz CT molecular complexity index is 1620. The fourth-order valence-electron chi connectivity index (χ4n) is 5.65. The van der Waals surface area contributed by atoms with Gasteiger partial charge in [-0.25, -0.2) is 9.50 Å². The van der Waals surface area contributed by atoms with Crippen LogP contribution in [0.15, 0.2) is 67.4 Å². The van der Waals surface area contributed by atoms with Crippen LogP contribution in [0.2, 0.25) is 0 Å². The number of amides is 1. The molecule has 1 atom stereocenters. The Hall–Kier alpha value is -4.24. The maximum atomic E-state index is 14.0. The molecule has 37 heavy (non-hydrogen) atoms. The molecule has 5 aromatic rings. The van der Waals surface area contributed by atoms with Crippen LogP contribution in [-0.2, 0) is 6.42 Å². The Morgan fingerprint density at radius 1 is 1.00 bits per heavy atom. The molecule has 9 heteroatoms. The summed E-state index contributed by atoms with van der Waals surface area (Å²) in [6.45, 7) is 2.17. The highest BCUT2D eigenvalue weighted by atomic mass is 16.3. The first-order valence-corrected chi connectivity index (χ1v) is 12.7. The van der Waals surface area contributed by atoms with Crippen molar-refractivity contribution in [1.82, 2.24) is 29.5 Å². The predicted octanol–water partition coefficient (Wildman–Crippen LogP) is 3.35. The van der Waals surface area contributed by atoms with E-state index in [0.717, 1.165) is 65.0 Å². The van der Waals surface area contributed by atoms with Gasteiger partial charge >= 0.3 is 0 Å². The van der Waals surface area contributed by atoms with Gasteiger partial charge in [-0.15, -0.1) is 0 Å². The van der Waals surface area contributed by atoms with Crippen molar-refractivity contribution in [3.8, 4) is 0 Å². The number of aliphatic hydroxyl groups excluding tert-OH is 1. The second-order valence-electron chi connectivity index (χ2n) is 9.87. The highest BCUT2D eigenvalue weighted by molar-refractivity contribution is 6.01. The summed E-state index contributed by atoms with van der Waals surface area (Å²) in [5.41, 5.74) is 5.05. The normalized spacial score (nSPS) is 18.5. The number of H-pyrrole nitrogens is 1. The molecule has 1 amide bonds. The van der Waals surface area contributed by atoms with Gasteiger partial charge in [0.05, 0.1) is 53.0 Å². The molecule has 1 saturated heterocycles. The maximum absolute atomic E-state index is 14.0. The number of fused-ring (bicyclic) bond motifs is 3. The zero-order valence-corrected chi connectivity index (χ0v) is 20.3. The number of hydrogen-bond donors (Lipinski definition) is 2. The van der Waals surface area contributed by atoms with Crippen LogP contribution in [-0.4, -0.2) is 66.2 Å². The van der Waals surface area contributed by atoms with Crippen molar-refractivity contribution >= 4 is 27.9 Å². The molecule has 0 saturated carbocycles. The molecule has 2 aliphatic heterocycles. The average Bonchev–Trinajstić information content (AvgIpc) is 3.59. The van der Waals surface area contributed by atoms with Crippen molar-refractivity contribution in [1.29, 1.82) is 0 Å². The molecule has 1 aromatic carbocycles. The summed E-state index contributed by atoms with van der Waals surface area (Å²) >= 11 is 0. The molecule has 0 aliphatic carbocycles. The van der Waals surface area contributed by atoms with E-state index in [2.05, 4.69) is 32.1 Å². The van der Waals surface area contributed by atoms with Gasteiger partial charge in [-0.2, -0.15) is 5.10 Å². The number of imidazole rings is 1. The Balaban J connectivity index is 1.25. The molecule has 0 spiro atoms. The third kappa shape index (κ3) is 3.74. The topological polar surface area (TPSA) is 103 Å². The van der Waals surface area contributed by atoms with Gasteiger partial charge in [0.15, 0.2) is 0 Å². The van der Waals surface area contributed by atoms with Crippen LogP contribution in [0.4, 0.5) is 5.69 Å². The van der Waals surface area contributed by atoms with Crippen molar-refractivity contribution in [3.05, 3.63) is 90.0 Å². The van der Waals surface area contributed by atoms with E-state index in [9.17, 15) is 9.90 Å². The molecular weight excluding hydrogens is 466 g/mol. The molecule has 9 nitrogen and oxygen atoms in total. The largest absolute Gasteiger partial charge is 0.393 e. The maximum Gasteiger partial charge on any atom is 0.258 e. The zero-order valence-electron chi connectivity index (χ0n) is 20.3. The van der Waals surface area contributed by atoms with Gasteiger partial charge in [0.25, 0.3) is 5.91 Å². The number of carbonyl (C=O) groups is 1. The van der Waals surface area contributed by atoms with Crippen molar-refractivity contribution in [2.45, 2.75) is 31.4 Å². The summed E-state index contributed by atoms with van der Waals surface area (Å²) in [7, 11) is 0. The Morgan fingerprint density at radius 2 is 1.84 bits per heavy atom. The number of anilines is 1. The lowest BCUT2D eigenvalue weighted by molar-refractivity contribution is 0.0689. The van der Waals surface area contributed by atoms with E-state index >= 15 is 0 Å². The second kappa shape index (κ2) is 8.70. The number of piperidine rings is 1. The van der Waals surface area contributed by atoms with Gasteiger partial charge in [0.1, 0.15) is 6.04 Å². The summed E-state index contributed by atoms with van der Waals surface area (Å²) in [6.07, 6.45) is 9.19. The minimum absolute atomic E-state index is 0.0857. The fourth-order valence-corrected chi connectivity index (χ4v) is 5.65. The van der Waals surface area contributed by atoms with Crippen molar-refractivity contribution in [2.24, 2.45) is 0 Å². The number of nitrogens with zero attached hydrogens (tertiary/aromatic N) is 6. The number of hydrogen-bond acceptors (Lipinski definition) is 6. The Morgan fingerprint density at radius 3 is 2.70 bits per heavy atom. The fraction of sp³-hybridized carbons (Fsp3) is 0.286. The monoisotopic (exact) mass is 493 g/mol. The van der Waals surface area contributed by atoms with E-state index in [1.165, 1.54) is 0 Å². The molecule has 6 heterocycles. The molecule has 2 N–H and O–H groups in total. The second-order valence-corrected chi connectivity index (χ2v) is 9.87. The molecule has 4 aromatic heterocycles. The van der Waals surface area contributed by atoms with Crippen molar-refractivity contribution in [2.75, 3.05) is 24.5 Å². The minimum Gasteiger partial charge on any atom is -0.393 e. The van der Waals surface area contributed by atoms with E-state index in [4.69, 9.17) is 4.98 Å². The van der Waals surface area contributed by atoms with E-state index in [-0.39, 0.29) is 18.1 Å². The van der Waals surface area contributed by atoms with Gasteiger partial charge in [0, 0.05) is 43.3 Å². The third-order valence-electron chi connectivity index (χ3n) is 7.68. The number of aliphatic hydroxyl groups is 1. The number of rotatable bonds is 3. The minimum atomic E-state index is -0.388. The van der Waals surface area contributed by atoms with Crippen LogP contribution in [0.5, 0.6) is 0 Å². The van der Waals surface area contributed by atoms with Gasteiger partial charge in [-0.3, -0.25) is 9.78 Å². The van der Waals surface area contributed by atoms with E-state index in [1.807, 2.05) is 47.6 Å². The summed E-state index contributed by atoms with van der Waals surface area (Å²) < 4.78 is 1.78. The molecule has 186 valence electrons. The molecule has 0 unspecified atom stereocenters. The van der Waals surface area contributed by atoms with Gasteiger partial charge < -0.3 is 19.9 Å². The molecular formula is C28H27N7O2. The first-order chi connectivity index (χ1) is 18.2. The number of aromatic nitrogens is 5. The lowest BCUT2D eigenvalue weighted by Gasteiger charge is -2.34. The van der Waals surface area contributed by atoms with Crippen LogP contribution in [0.25, 0.3) is 16.3 Å². The van der Waals surface area contributed by atoms with Gasteiger partial charge in [-0.05, 0) is 36.4 Å². The first-order valence-electron chi connectivity index (χ1n) is 12.7. The zero-order chi connectivity index (χ0) is 24.9. The summed E-state index contributed by atoms with van der Waals surface area (Å²) in [5, 5.41) is 16.5. The van der Waals surface area contributed by atoms with Gasteiger partial charge in [-0.1, -0.05) is 24.3 Å². The highest BCUT2D eigenvalue weighted by Crippen LogP contribution is 2.35. The highest BCUT2D eigenvalue weighted by Gasteiger charge is 2.36. The SMILES string of the molecule is O=C(c1cnn2cc(N3CCC(O)CC3)ccc12)N1CCc2[nH]cnc2[C@H]1c1cc2ccccc2cn1. The Labute approximate surface area is 213 Å². The smallest absolute Gasteiger partial charge is 0.258 e. The molecule has 0 radical (unpaired) electrons. The van der Waals surface area contributed by atoms with E-state index < -0.39 is 0 Å². The molecule has 2 aliphatic rings. The van der Waals surface area contributed by atoms with Crippen LogP contribution in [0.3, 0.4) is 0 Å². The number of pyridine rings is 2. The number of benzene rings is 1. The summed E-state index contributed by atoms with van der Waals surface area (Å²) in [6, 6.07) is 13.8. The van der Waals surface area contributed by atoms with Crippen molar-refractivity contribution in [3.63, 3.8) is 0 Å². The molecule has 1 fully saturated rings. The van der Waals surface area contributed by atoms with Crippen LogP contribution < -0.4 is 4.90 Å². The lowest BCUT2D eigenvalue weighted by Crippen LogP contribution is -2.41. The van der Waals surface area contributed by atoms with Crippen LogP contribution in [0.1, 0.15) is 46.3 Å². The van der Waals surface area contributed by atoms with E-state index in [1.54, 1.807) is 17.0 Å². The summed E-state index contributed by atoms with van der Waals surface area (Å²) in [4.78, 5) is 30.8. The van der Waals surface area contributed by atoms with E-state index in [0.29, 0.717) is 18.5 Å². The molecule has 0 bridgehead atoms. The summed E-state index contributed by atoms with van der Waals surface area (Å²) in [5.74, 6) is -0.0857. The standard InChI is InChI=1S/C28H27N7O2/c36-21-7-10-33(11-8-21)20-5-6-25-22(15-32-35(25)16-20)28(37)34-12-9-23-26(31-17-30-23)27(34)24-13-18-3-1-2-4-19(18)14-29-24/h1-6,13-17,21,27,36H,7-12H2,(H,30,31)/t27-/m1/s1. The average molecular weight is 494 g/mol. The number of aromatic amines is 1. The first kappa shape index (κ1) is 22.0. The predicted molar refractivity (Wildman–Crippen MR) is 140 cm³/mol. The Kier molecular flexibility index (Phi) is 5.17. The van der Waals surface area contributed by atoms with Gasteiger partial charge in [0.2, 0.25) is 0 Å². The third-order valence-corrected chi connectivity index (χ3v) is 7.68. The quantitative estimate of drug-likeness (QED) is 0.400. The molecule has 7 rings (SSSR count). The van der Waals surface area contributed by atoms with Crippen molar-refractivity contribution < 1.29 is 9.90 Å².